The third-order valence-electron chi connectivity index (χ3n) is 4.93. The van der Waals surface area contributed by atoms with E-state index < -0.39 is 22.3 Å². The summed E-state index contributed by atoms with van der Waals surface area (Å²) < 4.78 is 32.0. The van der Waals surface area contributed by atoms with E-state index in [0.29, 0.717) is 32.4 Å². The molecule has 2 saturated heterocycles. The maximum absolute atomic E-state index is 12.3. The van der Waals surface area contributed by atoms with Crippen molar-refractivity contribution in [2.45, 2.75) is 55.6 Å². The minimum absolute atomic E-state index is 0.225. The number of likely N-dealkylation sites (tertiary alicyclic amines) is 1. The first-order valence-electron chi connectivity index (χ1n) is 7.47. The molecule has 120 valence electrons. The Labute approximate surface area is 124 Å². The SMILES string of the molecule is CN(C1CCC2(CCN(C(=O)O)CC2)O1)S(=O)(=O)C1CC1. The predicted octanol–water partition coefficient (Wildman–Crippen LogP) is 1.06. The highest BCUT2D eigenvalue weighted by Crippen LogP contribution is 2.41. The van der Waals surface area contributed by atoms with Gasteiger partial charge >= 0.3 is 6.09 Å². The fraction of sp³-hybridized carbons (Fsp3) is 0.923. The van der Waals surface area contributed by atoms with E-state index in [4.69, 9.17) is 9.84 Å². The Morgan fingerprint density at radius 3 is 2.38 bits per heavy atom. The normalized spacial score (nSPS) is 29.2. The van der Waals surface area contributed by atoms with Gasteiger partial charge in [-0.2, -0.15) is 4.31 Å². The average molecular weight is 318 g/mol. The van der Waals surface area contributed by atoms with Crippen LogP contribution in [0.3, 0.4) is 0 Å². The van der Waals surface area contributed by atoms with E-state index in [1.807, 2.05) is 0 Å². The van der Waals surface area contributed by atoms with Gasteiger partial charge < -0.3 is 14.7 Å². The zero-order chi connectivity index (χ0) is 15.3. The lowest BCUT2D eigenvalue weighted by atomic mass is 9.89. The van der Waals surface area contributed by atoms with Crippen LogP contribution in [0.2, 0.25) is 0 Å². The van der Waals surface area contributed by atoms with Crippen LogP contribution in [0.15, 0.2) is 0 Å². The van der Waals surface area contributed by atoms with Crippen LogP contribution < -0.4 is 0 Å². The second-order valence-corrected chi connectivity index (χ2v) is 8.60. The third-order valence-corrected chi connectivity index (χ3v) is 7.28. The topological polar surface area (TPSA) is 87.2 Å². The van der Waals surface area contributed by atoms with Gasteiger partial charge in [-0.15, -0.1) is 0 Å². The lowest BCUT2D eigenvalue weighted by molar-refractivity contribution is -0.101. The molecule has 8 heteroatoms. The quantitative estimate of drug-likeness (QED) is 0.841. The molecule has 1 saturated carbocycles. The van der Waals surface area contributed by atoms with E-state index in [1.54, 1.807) is 7.05 Å². The highest BCUT2D eigenvalue weighted by molar-refractivity contribution is 7.90. The number of nitrogens with zero attached hydrogens (tertiary/aromatic N) is 2. The summed E-state index contributed by atoms with van der Waals surface area (Å²) in [5.41, 5.74) is -0.343. The lowest BCUT2D eigenvalue weighted by Crippen LogP contribution is -2.47. The van der Waals surface area contributed by atoms with Crippen LogP contribution in [0.5, 0.6) is 0 Å². The summed E-state index contributed by atoms with van der Waals surface area (Å²) in [4.78, 5) is 12.3. The van der Waals surface area contributed by atoms with E-state index in [0.717, 1.165) is 19.3 Å². The maximum atomic E-state index is 12.3. The van der Waals surface area contributed by atoms with Gasteiger partial charge in [-0.3, -0.25) is 0 Å². The second kappa shape index (κ2) is 5.10. The number of carbonyl (C=O) groups is 1. The first-order valence-corrected chi connectivity index (χ1v) is 8.97. The number of amides is 1. The Morgan fingerprint density at radius 1 is 1.24 bits per heavy atom. The third kappa shape index (κ3) is 2.76. The molecule has 1 atom stereocenters. The van der Waals surface area contributed by atoms with E-state index in [2.05, 4.69) is 0 Å². The largest absolute Gasteiger partial charge is 0.465 e. The molecule has 21 heavy (non-hydrogen) atoms. The molecule has 3 rings (SSSR count). The minimum Gasteiger partial charge on any atom is -0.465 e. The summed E-state index contributed by atoms with van der Waals surface area (Å²) in [7, 11) is -1.62. The zero-order valence-corrected chi connectivity index (χ0v) is 13.0. The molecule has 7 nitrogen and oxygen atoms in total. The maximum Gasteiger partial charge on any atom is 0.407 e. The van der Waals surface area contributed by atoms with Crippen molar-refractivity contribution >= 4 is 16.1 Å². The Hall–Kier alpha value is -0.860. The molecule has 0 aromatic carbocycles. The molecule has 1 spiro atoms. The summed E-state index contributed by atoms with van der Waals surface area (Å²) in [5.74, 6) is 0. The smallest absolute Gasteiger partial charge is 0.407 e. The van der Waals surface area contributed by atoms with Gasteiger partial charge in [-0.25, -0.2) is 13.2 Å². The van der Waals surface area contributed by atoms with Gasteiger partial charge in [-0.05, 0) is 38.5 Å². The van der Waals surface area contributed by atoms with Crippen molar-refractivity contribution in [3.63, 3.8) is 0 Å². The summed E-state index contributed by atoms with van der Waals surface area (Å²) in [6.07, 6.45) is 2.99. The van der Waals surface area contributed by atoms with Crippen molar-refractivity contribution in [3.8, 4) is 0 Å². The van der Waals surface area contributed by atoms with E-state index in [1.165, 1.54) is 9.21 Å². The molecule has 1 amide bonds. The average Bonchev–Trinajstić information content (AvgIpc) is 3.23. The molecule has 1 aliphatic carbocycles. The Morgan fingerprint density at radius 2 is 1.86 bits per heavy atom. The number of sulfonamides is 1. The Balaban J connectivity index is 1.62. The van der Waals surface area contributed by atoms with E-state index in [9.17, 15) is 13.2 Å². The van der Waals surface area contributed by atoms with Crippen LogP contribution >= 0.6 is 0 Å². The van der Waals surface area contributed by atoms with Gasteiger partial charge in [0.1, 0.15) is 6.23 Å². The summed E-state index contributed by atoms with van der Waals surface area (Å²) in [6, 6.07) is 0. The molecule has 3 fully saturated rings. The molecule has 1 unspecified atom stereocenters. The van der Waals surface area contributed by atoms with Crippen molar-refractivity contribution in [2.75, 3.05) is 20.1 Å². The molecular formula is C13H22N2O5S. The van der Waals surface area contributed by atoms with Crippen molar-refractivity contribution in [3.05, 3.63) is 0 Å². The van der Waals surface area contributed by atoms with Crippen LogP contribution in [-0.2, 0) is 14.8 Å². The lowest BCUT2D eigenvalue weighted by Gasteiger charge is -2.38. The molecule has 2 aliphatic heterocycles. The minimum atomic E-state index is -3.22. The summed E-state index contributed by atoms with van der Waals surface area (Å²) >= 11 is 0. The number of carboxylic acid groups (broad SMARTS) is 1. The van der Waals surface area contributed by atoms with Crippen LogP contribution in [0.25, 0.3) is 0 Å². The molecule has 0 aromatic rings. The van der Waals surface area contributed by atoms with Crippen molar-refractivity contribution in [1.29, 1.82) is 0 Å². The highest BCUT2D eigenvalue weighted by atomic mass is 32.2. The van der Waals surface area contributed by atoms with Crippen LogP contribution in [0, 0.1) is 0 Å². The van der Waals surface area contributed by atoms with Gasteiger partial charge in [0.05, 0.1) is 10.9 Å². The number of rotatable bonds is 3. The van der Waals surface area contributed by atoms with Gasteiger partial charge in [0.25, 0.3) is 0 Å². The molecule has 0 bridgehead atoms. The van der Waals surface area contributed by atoms with E-state index in [-0.39, 0.29) is 10.9 Å². The van der Waals surface area contributed by atoms with Crippen molar-refractivity contribution in [1.82, 2.24) is 9.21 Å². The number of hydrogen-bond donors (Lipinski definition) is 1. The zero-order valence-electron chi connectivity index (χ0n) is 12.2. The monoisotopic (exact) mass is 318 g/mol. The van der Waals surface area contributed by atoms with Crippen LogP contribution in [0.4, 0.5) is 4.79 Å². The predicted molar refractivity (Wildman–Crippen MR) is 75.4 cm³/mol. The molecule has 2 heterocycles. The van der Waals surface area contributed by atoms with Crippen LogP contribution in [-0.4, -0.2) is 66.0 Å². The van der Waals surface area contributed by atoms with Gasteiger partial charge in [0.2, 0.25) is 10.0 Å². The first kappa shape index (κ1) is 15.1. The van der Waals surface area contributed by atoms with Crippen molar-refractivity contribution in [2.24, 2.45) is 0 Å². The Bertz CT molecular complexity index is 523. The van der Waals surface area contributed by atoms with Crippen molar-refractivity contribution < 1.29 is 23.1 Å². The number of piperidine rings is 1. The molecule has 1 N–H and O–H groups in total. The fourth-order valence-corrected chi connectivity index (χ4v) is 4.97. The molecule has 0 radical (unpaired) electrons. The van der Waals surface area contributed by atoms with E-state index >= 15 is 0 Å². The van der Waals surface area contributed by atoms with Gasteiger partial charge in [0.15, 0.2) is 0 Å². The highest BCUT2D eigenvalue weighted by Gasteiger charge is 2.48. The van der Waals surface area contributed by atoms with Crippen LogP contribution in [0.1, 0.15) is 38.5 Å². The fourth-order valence-electron chi connectivity index (χ4n) is 3.29. The second-order valence-electron chi connectivity index (χ2n) is 6.32. The summed E-state index contributed by atoms with van der Waals surface area (Å²) in [5, 5.41) is 8.76. The molecular weight excluding hydrogens is 296 g/mol. The first-order chi connectivity index (χ1) is 9.84. The summed E-state index contributed by atoms with van der Waals surface area (Å²) in [6.45, 7) is 0.919. The van der Waals surface area contributed by atoms with Gasteiger partial charge in [0, 0.05) is 20.1 Å². The number of hydrogen-bond acceptors (Lipinski definition) is 4. The molecule has 3 aliphatic rings. The standard InChI is InChI=1S/C13H22N2O5S/c1-14(21(18,19)10-2-3-10)11-4-5-13(20-11)6-8-15(9-7-13)12(16)17/h10-11H,2-9H2,1H3,(H,16,17). The van der Waals surface area contributed by atoms with Gasteiger partial charge in [-0.1, -0.05) is 0 Å². The molecule has 0 aromatic heterocycles. The number of ether oxygens (including phenoxy) is 1. The Kier molecular flexibility index (Phi) is 3.66.